The first-order chi connectivity index (χ1) is 14.4. The van der Waals surface area contributed by atoms with E-state index in [0.717, 1.165) is 0 Å². The van der Waals surface area contributed by atoms with Crippen LogP contribution >= 0.6 is 0 Å². The number of aromatic carboxylic acids is 1. The van der Waals surface area contributed by atoms with Gasteiger partial charge in [0.15, 0.2) is 0 Å². The maximum absolute atomic E-state index is 12.5. The van der Waals surface area contributed by atoms with Crippen LogP contribution in [0.5, 0.6) is 0 Å². The SMILES string of the molecule is N#C/C(=C\c1cccn1-c1ccc([N+](=O)[O-])cc1)C(=O)Nc1ccc(C(=O)O)cc1. The number of non-ortho nitro benzene ring substituents is 1. The molecule has 148 valence electrons. The highest BCUT2D eigenvalue weighted by Crippen LogP contribution is 2.19. The standard InChI is InChI=1S/C21H14N4O5/c22-13-15(20(26)23-16-5-3-14(4-6-16)21(27)28)12-19-2-1-11-24(19)17-7-9-18(10-8-17)25(29)30/h1-12H,(H,23,26)(H,27,28)/b15-12+. The molecule has 3 rings (SSSR count). The van der Waals surface area contributed by atoms with Crippen LogP contribution in [0.3, 0.4) is 0 Å². The maximum Gasteiger partial charge on any atom is 0.335 e. The lowest BCUT2D eigenvalue weighted by molar-refractivity contribution is -0.384. The molecule has 0 aliphatic rings. The molecule has 9 nitrogen and oxygen atoms in total. The molecule has 1 heterocycles. The summed E-state index contributed by atoms with van der Waals surface area (Å²) < 4.78 is 1.68. The molecule has 2 N–H and O–H groups in total. The van der Waals surface area contributed by atoms with Crippen molar-refractivity contribution < 1.29 is 19.6 Å². The molecule has 9 heteroatoms. The normalized spacial score (nSPS) is 10.8. The predicted octanol–water partition coefficient (Wildman–Crippen LogP) is 3.63. The van der Waals surface area contributed by atoms with Gasteiger partial charge in [0.25, 0.3) is 11.6 Å². The molecule has 0 unspecified atom stereocenters. The fourth-order valence-electron chi connectivity index (χ4n) is 2.67. The van der Waals surface area contributed by atoms with Crippen LogP contribution in [0.25, 0.3) is 11.8 Å². The molecule has 0 aliphatic heterocycles. The summed E-state index contributed by atoms with van der Waals surface area (Å²) >= 11 is 0. The van der Waals surface area contributed by atoms with E-state index in [0.29, 0.717) is 17.1 Å². The molecule has 0 saturated heterocycles. The zero-order valence-electron chi connectivity index (χ0n) is 15.4. The van der Waals surface area contributed by atoms with Crippen LogP contribution < -0.4 is 5.32 Å². The molecular formula is C21H14N4O5. The van der Waals surface area contributed by atoms with Gasteiger partial charge in [-0.2, -0.15) is 5.26 Å². The quantitative estimate of drug-likeness (QED) is 0.279. The number of amides is 1. The monoisotopic (exact) mass is 402 g/mol. The van der Waals surface area contributed by atoms with Crippen molar-refractivity contribution in [3.8, 4) is 11.8 Å². The largest absolute Gasteiger partial charge is 0.478 e. The summed E-state index contributed by atoms with van der Waals surface area (Å²) in [6, 6.07) is 16.6. The van der Waals surface area contributed by atoms with Gasteiger partial charge in [0, 0.05) is 35.4 Å². The predicted molar refractivity (Wildman–Crippen MR) is 108 cm³/mol. The smallest absolute Gasteiger partial charge is 0.335 e. The van der Waals surface area contributed by atoms with E-state index in [2.05, 4.69) is 5.32 Å². The molecule has 0 aliphatic carbocycles. The van der Waals surface area contributed by atoms with Crippen LogP contribution in [0.15, 0.2) is 72.4 Å². The Balaban J connectivity index is 1.83. The number of hydrogen-bond donors (Lipinski definition) is 2. The van der Waals surface area contributed by atoms with Crippen molar-refractivity contribution in [1.82, 2.24) is 4.57 Å². The molecule has 1 amide bonds. The highest BCUT2D eigenvalue weighted by atomic mass is 16.6. The minimum Gasteiger partial charge on any atom is -0.478 e. The number of nitriles is 1. The van der Waals surface area contributed by atoms with Gasteiger partial charge in [-0.05, 0) is 54.6 Å². The number of hydrogen-bond acceptors (Lipinski definition) is 5. The van der Waals surface area contributed by atoms with Crippen LogP contribution in [-0.4, -0.2) is 26.5 Å². The summed E-state index contributed by atoms with van der Waals surface area (Å²) in [4.78, 5) is 33.7. The Morgan fingerprint density at radius 2 is 1.77 bits per heavy atom. The molecular weight excluding hydrogens is 388 g/mol. The average Bonchev–Trinajstić information content (AvgIpc) is 3.20. The van der Waals surface area contributed by atoms with Gasteiger partial charge in [0.2, 0.25) is 0 Å². The number of carbonyl (C=O) groups is 2. The third-order valence-corrected chi connectivity index (χ3v) is 4.17. The Morgan fingerprint density at radius 3 is 2.33 bits per heavy atom. The molecule has 0 atom stereocenters. The maximum atomic E-state index is 12.5. The first kappa shape index (κ1) is 20.0. The number of rotatable bonds is 6. The number of nitrogens with one attached hydrogen (secondary N) is 1. The second-order valence-electron chi connectivity index (χ2n) is 6.08. The second kappa shape index (κ2) is 8.53. The van der Waals surface area contributed by atoms with Gasteiger partial charge in [0.05, 0.1) is 10.5 Å². The lowest BCUT2D eigenvalue weighted by Crippen LogP contribution is -2.13. The highest BCUT2D eigenvalue weighted by molar-refractivity contribution is 6.09. The average molecular weight is 402 g/mol. The third kappa shape index (κ3) is 4.40. The number of nitrogens with zero attached hydrogens (tertiary/aromatic N) is 3. The molecule has 0 radical (unpaired) electrons. The molecule has 0 saturated carbocycles. The Labute approximate surface area is 170 Å². The van der Waals surface area contributed by atoms with Gasteiger partial charge in [-0.25, -0.2) is 4.79 Å². The summed E-state index contributed by atoms with van der Waals surface area (Å²) in [5.41, 5.74) is 1.35. The van der Waals surface area contributed by atoms with Crippen LogP contribution in [0, 0.1) is 21.4 Å². The van der Waals surface area contributed by atoms with Gasteiger partial charge in [-0.1, -0.05) is 0 Å². The number of carbonyl (C=O) groups excluding carboxylic acids is 1. The summed E-state index contributed by atoms with van der Waals surface area (Å²) in [5, 5.41) is 31.7. The lowest BCUT2D eigenvalue weighted by atomic mass is 10.2. The van der Waals surface area contributed by atoms with Gasteiger partial charge in [-0.3, -0.25) is 14.9 Å². The topological polar surface area (TPSA) is 138 Å². The van der Waals surface area contributed by atoms with Gasteiger partial charge >= 0.3 is 5.97 Å². The molecule has 1 aromatic heterocycles. The highest BCUT2D eigenvalue weighted by Gasteiger charge is 2.13. The number of nitro benzene ring substituents is 1. The Bertz CT molecular complexity index is 1190. The lowest BCUT2D eigenvalue weighted by Gasteiger charge is -2.08. The van der Waals surface area contributed by atoms with Gasteiger partial charge < -0.3 is 15.0 Å². The van der Waals surface area contributed by atoms with Crippen molar-refractivity contribution in [3.05, 3.63) is 93.8 Å². The number of carboxylic acids is 1. The van der Waals surface area contributed by atoms with E-state index in [1.165, 1.54) is 42.5 Å². The molecule has 0 bridgehead atoms. The summed E-state index contributed by atoms with van der Waals surface area (Å²) in [5.74, 6) is -1.74. The van der Waals surface area contributed by atoms with Crippen molar-refractivity contribution in [2.24, 2.45) is 0 Å². The molecule has 2 aromatic carbocycles. The van der Waals surface area contributed by atoms with E-state index in [4.69, 9.17) is 5.11 Å². The van der Waals surface area contributed by atoms with E-state index in [-0.39, 0.29) is 16.8 Å². The van der Waals surface area contributed by atoms with Crippen molar-refractivity contribution in [3.63, 3.8) is 0 Å². The van der Waals surface area contributed by atoms with Crippen molar-refractivity contribution in [2.45, 2.75) is 0 Å². The fraction of sp³-hybridized carbons (Fsp3) is 0. The zero-order chi connectivity index (χ0) is 21.7. The number of anilines is 1. The Kier molecular flexibility index (Phi) is 5.70. The van der Waals surface area contributed by atoms with Gasteiger partial charge in [-0.15, -0.1) is 0 Å². The van der Waals surface area contributed by atoms with Crippen molar-refractivity contribution >= 4 is 29.3 Å². The van der Waals surface area contributed by atoms with E-state index < -0.39 is 16.8 Å². The van der Waals surface area contributed by atoms with Crippen LogP contribution in [0.2, 0.25) is 0 Å². The first-order valence-corrected chi connectivity index (χ1v) is 8.58. The van der Waals surface area contributed by atoms with E-state index in [9.17, 15) is 25.0 Å². The van der Waals surface area contributed by atoms with E-state index >= 15 is 0 Å². The number of benzene rings is 2. The summed E-state index contributed by atoms with van der Waals surface area (Å²) in [6.07, 6.45) is 3.09. The number of aromatic nitrogens is 1. The van der Waals surface area contributed by atoms with Crippen molar-refractivity contribution in [2.75, 3.05) is 5.32 Å². The zero-order valence-corrected chi connectivity index (χ0v) is 15.4. The molecule has 0 spiro atoms. The fourth-order valence-corrected chi connectivity index (χ4v) is 2.67. The third-order valence-electron chi connectivity index (χ3n) is 4.17. The second-order valence-corrected chi connectivity index (χ2v) is 6.08. The summed E-state index contributed by atoms with van der Waals surface area (Å²) in [6.45, 7) is 0. The molecule has 0 fully saturated rings. The first-order valence-electron chi connectivity index (χ1n) is 8.58. The van der Waals surface area contributed by atoms with Crippen LogP contribution in [0.4, 0.5) is 11.4 Å². The Hall–Kier alpha value is -4.71. The summed E-state index contributed by atoms with van der Waals surface area (Å²) in [7, 11) is 0. The molecule has 30 heavy (non-hydrogen) atoms. The number of carboxylic acid groups (broad SMARTS) is 1. The minimum atomic E-state index is -1.09. The van der Waals surface area contributed by atoms with E-state index in [1.54, 1.807) is 35.0 Å². The van der Waals surface area contributed by atoms with Crippen LogP contribution in [-0.2, 0) is 4.79 Å². The van der Waals surface area contributed by atoms with Gasteiger partial charge in [0.1, 0.15) is 11.6 Å². The molecule has 3 aromatic rings. The van der Waals surface area contributed by atoms with Crippen molar-refractivity contribution in [1.29, 1.82) is 5.26 Å². The number of nitro groups is 1. The van der Waals surface area contributed by atoms with Crippen LogP contribution in [0.1, 0.15) is 16.1 Å². The van der Waals surface area contributed by atoms with E-state index in [1.807, 2.05) is 6.07 Å². The Morgan fingerprint density at radius 1 is 1.10 bits per heavy atom. The minimum absolute atomic E-state index is 0.0472.